The van der Waals surface area contributed by atoms with Crippen LogP contribution in [0.15, 0.2) is 0 Å². The van der Waals surface area contributed by atoms with Crippen molar-refractivity contribution >= 4 is 0 Å². The topological polar surface area (TPSA) is 20.2 Å². The molecule has 0 saturated heterocycles. The van der Waals surface area contributed by atoms with Gasteiger partial charge in [-0.05, 0) is 6.42 Å². The van der Waals surface area contributed by atoms with Crippen LogP contribution in [0.3, 0.4) is 0 Å². The molecule has 1 N–H and O–H groups in total. The van der Waals surface area contributed by atoms with Crippen molar-refractivity contribution in [2.24, 2.45) is 0 Å². The van der Waals surface area contributed by atoms with Crippen LogP contribution in [0.4, 0.5) is 22.0 Å². The van der Waals surface area contributed by atoms with Crippen molar-refractivity contribution in [3.05, 3.63) is 0 Å². The third-order valence-electron chi connectivity index (χ3n) is 1.18. The molecular formula is C5H7F5O. The van der Waals surface area contributed by atoms with Crippen LogP contribution in [0.25, 0.3) is 0 Å². The molecule has 0 aliphatic carbocycles. The predicted octanol–water partition coefficient (Wildman–Crippen LogP) is 1.95. The summed E-state index contributed by atoms with van der Waals surface area (Å²) in [6.07, 6.45) is -8.95. The second-order valence-corrected chi connectivity index (χ2v) is 2.04. The van der Waals surface area contributed by atoms with E-state index in [1.54, 1.807) is 0 Å². The van der Waals surface area contributed by atoms with E-state index in [9.17, 15) is 22.0 Å². The lowest BCUT2D eigenvalue weighted by molar-refractivity contribution is -0.312. The van der Waals surface area contributed by atoms with E-state index >= 15 is 0 Å². The van der Waals surface area contributed by atoms with Gasteiger partial charge in [0.25, 0.3) is 0 Å². The Kier molecular flexibility index (Phi) is 2.82. The van der Waals surface area contributed by atoms with Crippen molar-refractivity contribution in [2.75, 3.05) is 0 Å². The van der Waals surface area contributed by atoms with E-state index in [1.165, 1.54) is 0 Å². The van der Waals surface area contributed by atoms with Crippen LogP contribution in [0.1, 0.15) is 13.3 Å². The number of aliphatic hydroxyl groups is 1. The molecule has 0 rings (SSSR count). The Labute approximate surface area is 59.8 Å². The van der Waals surface area contributed by atoms with E-state index in [0.717, 1.165) is 6.92 Å². The average Bonchev–Trinajstić information content (AvgIpc) is 1.83. The number of rotatable bonds is 2. The van der Waals surface area contributed by atoms with Gasteiger partial charge in [0, 0.05) is 0 Å². The molecule has 0 aromatic rings. The zero-order valence-corrected chi connectivity index (χ0v) is 5.62. The number of hydrogen-bond acceptors (Lipinski definition) is 1. The number of aliphatic hydroxyl groups excluding tert-OH is 1. The zero-order chi connectivity index (χ0) is 9.28. The van der Waals surface area contributed by atoms with E-state index in [2.05, 4.69) is 0 Å². The molecule has 0 aromatic carbocycles. The molecule has 1 nitrogen and oxygen atoms in total. The maximum Gasteiger partial charge on any atom is 0.456 e. The molecule has 0 unspecified atom stereocenters. The number of hydrogen-bond donors (Lipinski definition) is 1. The Bertz CT molecular complexity index is 129. The van der Waals surface area contributed by atoms with Gasteiger partial charge in [-0.1, -0.05) is 6.92 Å². The Balaban J connectivity index is 4.45. The summed E-state index contributed by atoms with van der Waals surface area (Å²) in [7, 11) is 0. The fourth-order valence-corrected chi connectivity index (χ4v) is 0.445. The molecule has 68 valence electrons. The molecule has 0 saturated carbocycles. The Morgan fingerprint density at radius 1 is 1.18 bits per heavy atom. The lowest BCUT2D eigenvalue weighted by Gasteiger charge is -2.23. The van der Waals surface area contributed by atoms with Crippen LogP contribution in [-0.4, -0.2) is 23.3 Å². The molecule has 0 heterocycles. The molecule has 0 spiro atoms. The van der Waals surface area contributed by atoms with Gasteiger partial charge in [-0.2, -0.15) is 22.0 Å². The van der Waals surface area contributed by atoms with Gasteiger partial charge in [-0.25, -0.2) is 0 Å². The van der Waals surface area contributed by atoms with Crippen LogP contribution in [0.2, 0.25) is 0 Å². The third kappa shape index (κ3) is 2.02. The van der Waals surface area contributed by atoms with E-state index in [-0.39, 0.29) is 0 Å². The molecule has 0 bridgehead atoms. The smallest absolute Gasteiger partial charge is 0.386 e. The molecule has 0 fully saturated rings. The summed E-state index contributed by atoms with van der Waals surface area (Å²) in [6, 6.07) is 0. The van der Waals surface area contributed by atoms with Crippen LogP contribution in [0, 0.1) is 0 Å². The van der Waals surface area contributed by atoms with Crippen molar-refractivity contribution in [3.8, 4) is 0 Å². The van der Waals surface area contributed by atoms with Gasteiger partial charge in [0.05, 0.1) is 0 Å². The third-order valence-corrected chi connectivity index (χ3v) is 1.18. The van der Waals surface area contributed by atoms with Crippen molar-refractivity contribution in [1.29, 1.82) is 0 Å². The summed E-state index contributed by atoms with van der Waals surface area (Å²) in [5, 5.41) is 8.25. The standard InChI is InChI=1S/C5H7F5O/c1-2-3(11)4(6,7)5(8,9)10/h3,11H,2H2,1H3/t3-/m1/s1. The monoisotopic (exact) mass is 178 g/mol. The van der Waals surface area contributed by atoms with Crippen LogP contribution in [-0.2, 0) is 0 Å². The maximum atomic E-state index is 11.9. The fourth-order valence-electron chi connectivity index (χ4n) is 0.445. The summed E-state index contributed by atoms with van der Waals surface area (Å²) >= 11 is 0. The van der Waals surface area contributed by atoms with Crippen molar-refractivity contribution in [3.63, 3.8) is 0 Å². The second-order valence-electron chi connectivity index (χ2n) is 2.04. The molecule has 0 amide bonds. The molecular weight excluding hydrogens is 171 g/mol. The molecule has 6 heteroatoms. The van der Waals surface area contributed by atoms with Crippen LogP contribution >= 0.6 is 0 Å². The van der Waals surface area contributed by atoms with Gasteiger partial charge in [0.2, 0.25) is 0 Å². The largest absolute Gasteiger partial charge is 0.456 e. The highest BCUT2D eigenvalue weighted by atomic mass is 19.4. The highest BCUT2D eigenvalue weighted by molar-refractivity contribution is 4.82. The minimum Gasteiger partial charge on any atom is -0.386 e. The lowest BCUT2D eigenvalue weighted by Crippen LogP contribution is -2.46. The fraction of sp³-hybridized carbons (Fsp3) is 1.00. The average molecular weight is 178 g/mol. The number of halogens is 5. The first kappa shape index (κ1) is 10.6. The molecule has 0 aliphatic rings. The Morgan fingerprint density at radius 3 is 1.64 bits per heavy atom. The summed E-state index contributed by atoms with van der Waals surface area (Å²) < 4.78 is 58.0. The van der Waals surface area contributed by atoms with Gasteiger partial charge < -0.3 is 5.11 Å². The molecule has 0 radical (unpaired) electrons. The normalized spacial score (nSPS) is 16.6. The first-order valence-corrected chi connectivity index (χ1v) is 2.86. The van der Waals surface area contributed by atoms with Gasteiger partial charge in [0.15, 0.2) is 0 Å². The lowest BCUT2D eigenvalue weighted by atomic mass is 10.1. The summed E-state index contributed by atoms with van der Waals surface area (Å²) in [6.45, 7) is 1.05. The van der Waals surface area contributed by atoms with Gasteiger partial charge in [-0.3, -0.25) is 0 Å². The van der Waals surface area contributed by atoms with Crippen molar-refractivity contribution < 1.29 is 27.1 Å². The highest BCUT2D eigenvalue weighted by Gasteiger charge is 2.61. The van der Waals surface area contributed by atoms with E-state index in [0.29, 0.717) is 0 Å². The van der Waals surface area contributed by atoms with E-state index < -0.39 is 24.6 Å². The predicted molar refractivity (Wildman–Crippen MR) is 27.3 cm³/mol. The van der Waals surface area contributed by atoms with Crippen molar-refractivity contribution in [2.45, 2.75) is 31.5 Å². The van der Waals surface area contributed by atoms with Gasteiger partial charge in [-0.15, -0.1) is 0 Å². The van der Waals surface area contributed by atoms with Gasteiger partial charge >= 0.3 is 12.1 Å². The summed E-state index contributed by atoms with van der Waals surface area (Å²) in [5.41, 5.74) is 0. The number of alkyl halides is 5. The SMILES string of the molecule is CC[C@@H](O)C(F)(F)C(F)(F)F. The van der Waals surface area contributed by atoms with E-state index in [1.807, 2.05) is 0 Å². The van der Waals surface area contributed by atoms with Crippen LogP contribution < -0.4 is 0 Å². The highest BCUT2D eigenvalue weighted by Crippen LogP contribution is 2.38. The molecule has 11 heavy (non-hydrogen) atoms. The summed E-state index contributed by atoms with van der Waals surface area (Å²) in [5.74, 6) is -5.00. The van der Waals surface area contributed by atoms with Crippen LogP contribution in [0.5, 0.6) is 0 Å². The minimum absolute atomic E-state index is 0.632. The molecule has 0 aromatic heterocycles. The summed E-state index contributed by atoms with van der Waals surface area (Å²) in [4.78, 5) is 0. The minimum atomic E-state index is -5.66. The van der Waals surface area contributed by atoms with Crippen molar-refractivity contribution in [1.82, 2.24) is 0 Å². The quantitative estimate of drug-likeness (QED) is 0.641. The first-order chi connectivity index (χ1) is 4.73. The Hall–Kier alpha value is -0.390. The van der Waals surface area contributed by atoms with Gasteiger partial charge in [0.1, 0.15) is 6.10 Å². The zero-order valence-electron chi connectivity index (χ0n) is 5.62. The van der Waals surface area contributed by atoms with E-state index in [4.69, 9.17) is 5.11 Å². The second kappa shape index (κ2) is 2.92. The Morgan fingerprint density at radius 2 is 1.55 bits per heavy atom. The molecule has 0 aliphatic heterocycles. The maximum absolute atomic E-state index is 11.9. The first-order valence-electron chi connectivity index (χ1n) is 2.86. The molecule has 1 atom stereocenters.